The van der Waals surface area contributed by atoms with Crippen LogP contribution in [0.5, 0.6) is 0 Å². The average Bonchev–Trinajstić information content (AvgIpc) is 3.31. The highest BCUT2D eigenvalue weighted by Crippen LogP contribution is 2.43. The molecule has 1 aliphatic carbocycles. The molecule has 1 aromatic heterocycles. The molecule has 2 aliphatic rings. The number of benzene rings is 1. The molecule has 1 aliphatic heterocycles. The number of halogens is 3. The lowest BCUT2D eigenvalue weighted by Gasteiger charge is -2.37. The number of aryl methyl sites for hydroxylation is 1. The second kappa shape index (κ2) is 7.25. The first-order valence-electron chi connectivity index (χ1n) is 9.91. The molecule has 1 saturated carbocycles. The first kappa shape index (κ1) is 19.6. The van der Waals surface area contributed by atoms with Gasteiger partial charge in [-0.3, -0.25) is 4.99 Å². The standard InChI is InChI=1S/C22H23F3N4/c1-14-8-9-19-17(12-14)18(13-26)20(29(19)16-6-3-4-7-16)21-27-10-5-11-28(21)15(2)22(23,24)25/h5,8-12,15-16,21H,3-4,6-7H2,1-2H3/t15-,21?/m0/s1. The Bertz CT molecular complexity index is 1020. The van der Waals surface area contributed by atoms with Crippen LogP contribution in [-0.2, 0) is 0 Å². The van der Waals surface area contributed by atoms with E-state index in [0.29, 0.717) is 11.3 Å². The van der Waals surface area contributed by atoms with E-state index in [2.05, 4.69) is 15.6 Å². The third-order valence-electron chi connectivity index (χ3n) is 6.02. The fourth-order valence-electron chi connectivity index (χ4n) is 4.52. The lowest BCUT2D eigenvalue weighted by atomic mass is 10.1. The number of rotatable bonds is 3. The summed E-state index contributed by atoms with van der Waals surface area (Å²) in [5, 5.41) is 10.8. The molecular weight excluding hydrogens is 377 g/mol. The lowest BCUT2D eigenvalue weighted by molar-refractivity contribution is -0.177. The maximum Gasteiger partial charge on any atom is 0.408 e. The summed E-state index contributed by atoms with van der Waals surface area (Å²) in [6.45, 7) is 3.09. The number of allylic oxidation sites excluding steroid dienone is 1. The summed E-state index contributed by atoms with van der Waals surface area (Å²) < 4.78 is 42.8. The molecule has 0 saturated heterocycles. The predicted molar refractivity (Wildman–Crippen MR) is 107 cm³/mol. The first-order valence-corrected chi connectivity index (χ1v) is 9.91. The minimum absolute atomic E-state index is 0.168. The summed E-state index contributed by atoms with van der Waals surface area (Å²) in [7, 11) is 0. The van der Waals surface area contributed by atoms with E-state index in [1.807, 2.05) is 25.1 Å². The van der Waals surface area contributed by atoms with Crippen molar-refractivity contribution in [3.05, 3.63) is 47.3 Å². The summed E-state index contributed by atoms with van der Waals surface area (Å²) in [6.07, 6.45) is 3.24. The van der Waals surface area contributed by atoms with Crippen LogP contribution in [0.4, 0.5) is 13.2 Å². The third-order valence-corrected chi connectivity index (χ3v) is 6.02. The summed E-state index contributed by atoms with van der Waals surface area (Å²) in [4.78, 5) is 5.63. The molecule has 1 unspecified atom stereocenters. The molecule has 29 heavy (non-hydrogen) atoms. The predicted octanol–water partition coefficient (Wildman–Crippen LogP) is 5.79. The number of aliphatic imine (C=N–C) groups is 1. The molecule has 4 nitrogen and oxygen atoms in total. The molecule has 0 spiro atoms. The summed E-state index contributed by atoms with van der Waals surface area (Å²) >= 11 is 0. The van der Waals surface area contributed by atoms with E-state index in [0.717, 1.165) is 49.1 Å². The second-order valence-electron chi connectivity index (χ2n) is 7.88. The van der Waals surface area contributed by atoms with Gasteiger partial charge in [0.15, 0.2) is 6.17 Å². The Kier molecular flexibility index (Phi) is 4.89. The zero-order chi connectivity index (χ0) is 20.8. The van der Waals surface area contributed by atoms with Crippen molar-refractivity contribution >= 4 is 17.1 Å². The number of aromatic nitrogens is 1. The lowest BCUT2D eigenvalue weighted by Crippen LogP contribution is -2.43. The van der Waals surface area contributed by atoms with Crippen molar-refractivity contribution in [2.75, 3.05) is 0 Å². The van der Waals surface area contributed by atoms with E-state index in [-0.39, 0.29) is 6.04 Å². The van der Waals surface area contributed by atoms with Crippen molar-refractivity contribution < 1.29 is 13.2 Å². The van der Waals surface area contributed by atoms with Gasteiger partial charge in [-0.2, -0.15) is 18.4 Å². The summed E-state index contributed by atoms with van der Waals surface area (Å²) in [6, 6.07) is 6.64. The topological polar surface area (TPSA) is 44.3 Å². The molecule has 1 aromatic carbocycles. The number of fused-ring (bicyclic) bond motifs is 1. The Hall–Kier alpha value is -2.75. The van der Waals surface area contributed by atoms with Crippen molar-refractivity contribution in [1.29, 1.82) is 5.26 Å². The van der Waals surface area contributed by atoms with Gasteiger partial charge in [0, 0.05) is 29.4 Å². The Labute approximate surface area is 167 Å². The van der Waals surface area contributed by atoms with Crippen LogP contribution < -0.4 is 0 Å². The van der Waals surface area contributed by atoms with Crippen LogP contribution in [0.15, 0.2) is 35.5 Å². The van der Waals surface area contributed by atoms with Gasteiger partial charge in [-0.15, -0.1) is 0 Å². The molecule has 2 atom stereocenters. The number of nitriles is 1. The quantitative estimate of drug-likeness (QED) is 0.655. The second-order valence-corrected chi connectivity index (χ2v) is 7.88. The van der Waals surface area contributed by atoms with Crippen molar-refractivity contribution in [2.45, 2.75) is 64.0 Å². The Morgan fingerprint density at radius 2 is 1.97 bits per heavy atom. The SMILES string of the molecule is Cc1ccc2c(c1)c(C#N)c(C1N=CC=CN1[C@@H](C)C(F)(F)F)n2C1CCCC1. The zero-order valence-corrected chi connectivity index (χ0v) is 16.4. The molecule has 0 radical (unpaired) electrons. The van der Waals surface area contributed by atoms with Crippen LogP contribution in [0.2, 0.25) is 0 Å². The highest BCUT2D eigenvalue weighted by atomic mass is 19.4. The van der Waals surface area contributed by atoms with Crippen LogP contribution in [-0.4, -0.2) is 27.9 Å². The normalized spacial score (nSPS) is 21.1. The molecule has 152 valence electrons. The van der Waals surface area contributed by atoms with Crippen LogP contribution in [0, 0.1) is 18.3 Å². The number of hydrogen-bond acceptors (Lipinski definition) is 3. The maximum absolute atomic E-state index is 13.6. The van der Waals surface area contributed by atoms with Gasteiger partial charge in [0.25, 0.3) is 0 Å². The Morgan fingerprint density at radius 1 is 1.24 bits per heavy atom. The maximum atomic E-state index is 13.6. The summed E-state index contributed by atoms with van der Waals surface area (Å²) in [5.74, 6) is 0. The van der Waals surface area contributed by atoms with E-state index < -0.39 is 18.4 Å². The largest absolute Gasteiger partial charge is 0.408 e. The molecule has 2 aromatic rings. The zero-order valence-electron chi connectivity index (χ0n) is 16.4. The minimum atomic E-state index is -4.40. The van der Waals surface area contributed by atoms with E-state index in [4.69, 9.17) is 0 Å². The summed E-state index contributed by atoms with van der Waals surface area (Å²) in [5.41, 5.74) is 2.90. The average molecular weight is 400 g/mol. The molecule has 0 bridgehead atoms. The van der Waals surface area contributed by atoms with E-state index in [9.17, 15) is 18.4 Å². The van der Waals surface area contributed by atoms with Crippen molar-refractivity contribution in [2.24, 2.45) is 4.99 Å². The van der Waals surface area contributed by atoms with Gasteiger partial charge in [-0.1, -0.05) is 24.5 Å². The molecule has 2 heterocycles. The fraction of sp³-hybridized carbons (Fsp3) is 0.455. The highest BCUT2D eigenvalue weighted by Gasteiger charge is 2.44. The smallest absolute Gasteiger partial charge is 0.339 e. The van der Waals surface area contributed by atoms with Gasteiger partial charge in [0.05, 0.1) is 11.3 Å². The molecule has 1 fully saturated rings. The van der Waals surface area contributed by atoms with Gasteiger partial charge in [-0.05, 0) is 44.9 Å². The highest BCUT2D eigenvalue weighted by molar-refractivity contribution is 5.89. The fourth-order valence-corrected chi connectivity index (χ4v) is 4.52. The van der Waals surface area contributed by atoms with Crippen molar-refractivity contribution in [3.8, 4) is 6.07 Å². The van der Waals surface area contributed by atoms with Crippen LogP contribution in [0.25, 0.3) is 10.9 Å². The van der Waals surface area contributed by atoms with E-state index in [1.165, 1.54) is 23.4 Å². The number of hydrogen-bond donors (Lipinski definition) is 0. The first-order chi connectivity index (χ1) is 13.8. The molecule has 4 rings (SSSR count). The van der Waals surface area contributed by atoms with Crippen LogP contribution in [0.3, 0.4) is 0 Å². The van der Waals surface area contributed by atoms with Gasteiger partial charge >= 0.3 is 6.18 Å². The van der Waals surface area contributed by atoms with E-state index >= 15 is 0 Å². The number of nitrogens with zero attached hydrogens (tertiary/aromatic N) is 4. The van der Waals surface area contributed by atoms with Gasteiger partial charge < -0.3 is 9.47 Å². The molecular formula is C22H23F3N4. The molecule has 0 N–H and O–H groups in total. The third kappa shape index (κ3) is 3.31. The van der Waals surface area contributed by atoms with Crippen LogP contribution in [0.1, 0.15) is 61.6 Å². The number of alkyl halides is 3. The van der Waals surface area contributed by atoms with Crippen molar-refractivity contribution in [1.82, 2.24) is 9.47 Å². The molecule has 7 heteroatoms. The van der Waals surface area contributed by atoms with Crippen molar-refractivity contribution in [3.63, 3.8) is 0 Å². The van der Waals surface area contributed by atoms with E-state index in [1.54, 1.807) is 0 Å². The minimum Gasteiger partial charge on any atom is -0.339 e. The van der Waals surface area contributed by atoms with Gasteiger partial charge in [0.1, 0.15) is 12.1 Å². The van der Waals surface area contributed by atoms with Gasteiger partial charge in [0.2, 0.25) is 0 Å². The Morgan fingerprint density at radius 3 is 2.62 bits per heavy atom. The monoisotopic (exact) mass is 400 g/mol. The molecule has 0 amide bonds. The van der Waals surface area contributed by atoms with Crippen LogP contribution >= 0.6 is 0 Å². The van der Waals surface area contributed by atoms with Gasteiger partial charge in [-0.25, -0.2) is 0 Å². The Balaban J connectivity index is 1.96.